The van der Waals surface area contributed by atoms with Crippen LogP contribution in [0.4, 0.5) is 0 Å². The van der Waals surface area contributed by atoms with Crippen molar-refractivity contribution in [2.45, 2.75) is 51.0 Å². The number of ether oxygens (including phenoxy) is 2. The van der Waals surface area contributed by atoms with Gasteiger partial charge in [0.2, 0.25) is 11.8 Å². The summed E-state index contributed by atoms with van der Waals surface area (Å²) in [7, 11) is 1.53. The molecule has 1 saturated heterocycles. The number of methoxy groups -OCH3 is 1. The smallest absolute Gasteiger partial charge is 0.319 e. The fourth-order valence-corrected chi connectivity index (χ4v) is 3.51. The summed E-state index contributed by atoms with van der Waals surface area (Å²) in [6.45, 7) is 1.50. The maximum atomic E-state index is 12.5. The van der Waals surface area contributed by atoms with E-state index in [0.717, 1.165) is 19.4 Å². The van der Waals surface area contributed by atoms with Gasteiger partial charge in [0.25, 0.3) is 0 Å². The Morgan fingerprint density at radius 3 is 2.91 bits per heavy atom. The van der Waals surface area contributed by atoms with Crippen LogP contribution in [0, 0.1) is 5.92 Å². The second kappa shape index (κ2) is 7.62. The van der Waals surface area contributed by atoms with E-state index < -0.39 is 0 Å². The highest BCUT2D eigenvalue weighted by atomic mass is 16.5. The maximum absolute atomic E-state index is 12.5. The normalized spacial score (nSPS) is 22.1. The molecule has 23 heavy (non-hydrogen) atoms. The summed E-state index contributed by atoms with van der Waals surface area (Å²) in [5, 5.41) is 0. The van der Waals surface area contributed by atoms with E-state index >= 15 is 0 Å². The predicted molar refractivity (Wildman–Crippen MR) is 85.4 cm³/mol. The molecule has 1 aromatic rings. The minimum atomic E-state index is -0.00381. The Morgan fingerprint density at radius 1 is 1.30 bits per heavy atom. The van der Waals surface area contributed by atoms with Gasteiger partial charge in [-0.05, 0) is 31.6 Å². The Hall–Kier alpha value is -1.85. The summed E-state index contributed by atoms with van der Waals surface area (Å²) in [6.07, 6.45) is 9.21. The highest BCUT2D eigenvalue weighted by Gasteiger charge is 2.27. The minimum absolute atomic E-state index is 0.00381. The van der Waals surface area contributed by atoms with Gasteiger partial charge in [-0.15, -0.1) is 0 Å². The zero-order chi connectivity index (χ0) is 16.1. The van der Waals surface area contributed by atoms with Crippen LogP contribution in [-0.2, 0) is 4.79 Å². The molecule has 2 fully saturated rings. The van der Waals surface area contributed by atoms with Gasteiger partial charge in [0.15, 0.2) is 0 Å². The molecule has 1 amide bonds. The van der Waals surface area contributed by atoms with Crippen molar-refractivity contribution in [2.24, 2.45) is 5.92 Å². The Balaban J connectivity index is 1.53. The molecule has 1 unspecified atom stereocenters. The van der Waals surface area contributed by atoms with E-state index in [1.165, 1.54) is 32.8 Å². The number of nitrogens with zero attached hydrogens (tertiary/aromatic N) is 3. The quantitative estimate of drug-likeness (QED) is 0.834. The summed E-state index contributed by atoms with van der Waals surface area (Å²) >= 11 is 0. The van der Waals surface area contributed by atoms with Crippen LogP contribution >= 0.6 is 0 Å². The standard InChI is InChI=1S/C17H25N3O3/c1-22-17-18-9-8-15(19-17)23-14-7-4-10-20(12-14)16(21)11-13-5-2-3-6-13/h8-9,13-14H,2-7,10-12H2,1H3. The summed E-state index contributed by atoms with van der Waals surface area (Å²) in [6, 6.07) is 2.02. The topological polar surface area (TPSA) is 64.6 Å². The molecular formula is C17H25N3O3. The number of hydrogen-bond acceptors (Lipinski definition) is 5. The largest absolute Gasteiger partial charge is 0.472 e. The van der Waals surface area contributed by atoms with Crippen LogP contribution in [0.3, 0.4) is 0 Å². The number of likely N-dealkylation sites (tertiary alicyclic amines) is 1. The fraction of sp³-hybridized carbons (Fsp3) is 0.706. The third kappa shape index (κ3) is 4.33. The molecule has 6 nitrogen and oxygen atoms in total. The number of amides is 1. The first kappa shape index (κ1) is 16.0. The van der Waals surface area contributed by atoms with Crippen molar-refractivity contribution in [3.05, 3.63) is 12.3 Å². The first-order chi connectivity index (χ1) is 11.2. The number of carbonyl (C=O) groups is 1. The van der Waals surface area contributed by atoms with E-state index in [4.69, 9.17) is 9.47 Å². The van der Waals surface area contributed by atoms with E-state index in [9.17, 15) is 4.79 Å². The zero-order valence-electron chi connectivity index (χ0n) is 13.7. The van der Waals surface area contributed by atoms with Crippen molar-refractivity contribution < 1.29 is 14.3 Å². The van der Waals surface area contributed by atoms with Gasteiger partial charge in [-0.25, -0.2) is 4.98 Å². The van der Waals surface area contributed by atoms with E-state index in [1.807, 2.05) is 4.90 Å². The highest BCUT2D eigenvalue weighted by Crippen LogP contribution is 2.28. The summed E-state index contributed by atoms with van der Waals surface area (Å²) in [5.74, 6) is 1.38. The second-order valence-electron chi connectivity index (χ2n) is 6.46. The SMILES string of the molecule is COc1nccc(OC2CCCN(C(=O)CC3CCCC3)C2)n1. The van der Waals surface area contributed by atoms with Crippen LogP contribution < -0.4 is 9.47 Å². The van der Waals surface area contributed by atoms with Crippen molar-refractivity contribution >= 4 is 5.91 Å². The van der Waals surface area contributed by atoms with E-state index in [2.05, 4.69) is 9.97 Å². The number of hydrogen-bond donors (Lipinski definition) is 0. The van der Waals surface area contributed by atoms with Crippen LogP contribution in [0.1, 0.15) is 44.9 Å². The zero-order valence-corrected chi connectivity index (χ0v) is 13.7. The fourth-order valence-electron chi connectivity index (χ4n) is 3.51. The molecule has 2 heterocycles. The van der Waals surface area contributed by atoms with E-state index in [0.29, 0.717) is 30.8 Å². The third-order valence-corrected chi connectivity index (χ3v) is 4.75. The number of rotatable bonds is 5. The molecule has 1 saturated carbocycles. The van der Waals surface area contributed by atoms with Crippen molar-refractivity contribution in [3.63, 3.8) is 0 Å². The van der Waals surface area contributed by atoms with Crippen molar-refractivity contribution in [3.8, 4) is 11.9 Å². The monoisotopic (exact) mass is 319 g/mol. The van der Waals surface area contributed by atoms with E-state index in [-0.39, 0.29) is 12.0 Å². The van der Waals surface area contributed by atoms with Gasteiger partial charge >= 0.3 is 6.01 Å². The lowest BCUT2D eigenvalue weighted by molar-refractivity contribution is -0.134. The Bertz CT molecular complexity index is 532. The molecule has 1 aliphatic heterocycles. The average Bonchev–Trinajstić information content (AvgIpc) is 3.08. The molecule has 1 aromatic heterocycles. The Kier molecular flexibility index (Phi) is 5.31. The van der Waals surface area contributed by atoms with Gasteiger partial charge in [-0.2, -0.15) is 4.98 Å². The lowest BCUT2D eigenvalue weighted by atomic mass is 10.0. The van der Waals surface area contributed by atoms with Gasteiger partial charge in [-0.3, -0.25) is 4.79 Å². The van der Waals surface area contributed by atoms with Crippen molar-refractivity contribution in [1.29, 1.82) is 0 Å². The van der Waals surface area contributed by atoms with Crippen molar-refractivity contribution in [1.82, 2.24) is 14.9 Å². The molecule has 0 aromatic carbocycles. The second-order valence-corrected chi connectivity index (χ2v) is 6.46. The maximum Gasteiger partial charge on any atom is 0.319 e. The van der Waals surface area contributed by atoms with Crippen LogP contribution in [0.15, 0.2) is 12.3 Å². The molecule has 0 N–H and O–H groups in total. The molecule has 126 valence electrons. The van der Waals surface area contributed by atoms with Gasteiger partial charge in [-0.1, -0.05) is 12.8 Å². The molecule has 2 aliphatic rings. The summed E-state index contributed by atoms with van der Waals surface area (Å²) in [5.41, 5.74) is 0. The predicted octanol–water partition coefficient (Wildman–Crippen LogP) is 2.44. The van der Waals surface area contributed by atoms with E-state index in [1.54, 1.807) is 12.3 Å². The Morgan fingerprint density at radius 2 is 2.13 bits per heavy atom. The summed E-state index contributed by atoms with van der Waals surface area (Å²) < 4.78 is 10.9. The number of piperidine rings is 1. The Labute approximate surface area is 137 Å². The molecule has 6 heteroatoms. The molecule has 1 atom stereocenters. The van der Waals surface area contributed by atoms with Crippen LogP contribution in [0.25, 0.3) is 0 Å². The molecular weight excluding hydrogens is 294 g/mol. The lowest BCUT2D eigenvalue weighted by Gasteiger charge is -2.33. The molecule has 1 aliphatic carbocycles. The average molecular weight is 319 g/mol. The van der Waals surface area contributed by atoms with Gasteiger partial charge < -0.3 is 14.4 Å². The van der Waals surface area contributed by atoms with Gasteiger partial charge in [0, 0.05) is 25.2 Å². The lowest BCUT2D eigenvalue weighted by Crippen LogP contribution is -2.44. The molecule has 0 radical (unpaired) electrons. The van der Waals surface area contributed by atoms with Gasteiger partial charge in [0.05, 0.1) is 13.7 Å². The van der Waals surface area contributed by atoms with Crippen molar-refractivity contribution in [2.75, 3.05) is 20.2 Å². The number of carbonyl (C=O) groups excluding carboxylic acids is 1. The molecule has 0 spiro atoms. The summed E-state index contributed by atoms with van der Waals surface area (Å²) in [4.78, 5) is 22.6. The number of aromatic nitrogens is 2. The molecule has 0 bridgehead atoms. The van der Waals surface area contributed by atoms with Gasteiger partial charge in [0.1, 0.15) is 6.10 Å². The first-order valence-electron chi connectivity index (χ1n) is 8.56. The third-order valence-electron chi connectivity index (χ3n) is 4.75. The van der Waals surface area contributed by atoms with Crippen LogP contribution in [-0.4, -0.2) is 47.1 Å². The minimum Gasteiger partial charge on any atom is -0.472 e. The first-order valence-corrected chi connectivity index (χ1v) is 8.56. The molecule has 3 rings (SSSR count). The van der Waals surface area contributed by atoms with Crippen LogP contribution in [0.5, 0.6) is 11.9 Å². The van der Waals surface area contributed by atoms with Crippen LogP contribution in [0.2, 0.25) is 0 Å². The highest BCUT2D eigenvalue weighted by molar-refractivity contribution is 5.76.